The predicted octanol–water partition coefficient (Wildman–Crippen LogP) is 2.81. The minimum atomic E-state index is -0.718. The van der Waals surface area contributed by atoms with Crippen LogP contribution in [0, 0.1) is 13.8 Å². The number of likely N-dealkylation sites (N-methyl/N-ethyl adjacent to an activating group) is 1. The molecule has 1 aliphatic rings. The monoisotopic (exact) mass is 440 g/mol. The maximum Gasteiger partial charge on any atom is 0.295 e. The van der Waals surface area contributed by atoms with E-state index in [1.165, 1.54) is 4.90 Å². The van der Waals surface area contributed by atoms with Crippen LogP contribution < -0.4 is 4.74 Å². The summed E-state index contributed by atoms with van der Waals surface area (Å²) in [6.45, 7) is 8.39. The van der Waals surface area contributed by atoms with E-state index in [1.807, 2.05) is 64.0 Å². The van der Waals surface area contributed by atoms with Crippen molar-refractivity contribution in [1.29, 1.82) is 0 Å². The third kappa shape index (κ3) is 4.41. The molecule has 1 aromatic carbocycles. The van der Waals surface area contributed by atoms with E-state index in [4.69, 9.17) is 4.74 Å². The van der Waals surface area contributed by atoms with Crippen LogP contribution in [0.4, 0.5) is 0 Å². The fourth-order valence-electron chi connectivity index (χ4n) is 4.05. The normalized spacial score (nSPS) is 18.3. The molecule has 1 N–H and O–H groups in total. The van der Waals surface area contributed by atoms with Gasteiger partial charge in [-0.15, -0.1) is 0 Å². The number of hydrogen-bond donors (Lipinski definition) is 1. The molecule has 8 heteroatoms. The summed E-state index contributed by atoms with van der Waals surface area (Å²) in [6.07, 6.45) is -0.0222. The van der Waals surface area contributed by atoms with Crippen LogP contribution in [0.15, 0.2) is 29.8 Å². The van der Waals surface area contributed by atoms with Crippen LogP contribution in [-0.4, -0.2) is 69.7 Å². The Morgan fingerprint density at radius 1 is 1.25 bits per heavy atom. The van der Waals surface area contributed by atoms with Crippen molar-refractivity contribution in [3.05, 3.63) is 52.4 Å². The number of rotatable bonds is 7. The molecule has 0 aliphatic carbocycles. The van der Waals surface area contributed by atoms with Gasteiger partial charge in [-0.05, 0) is 59.5 Å². The summed E-state index contributed by atoms with van der Waals surface area (Å²) in [7, 11) is 5.59. The number of carbonyl (C=O) groups excluding carboxylic acids is 2. The molecule has 1 fully saturated rings. The van der Waals surface area contributed by atoms with Gasteiger partial charge in [0.2, 0.25) is 0 Å². The number of Topliss-reactive ketones (excluding diaryl/α,β-unsaturated/α-hetero) is 1. The molecule has 0 saturated carbocycles. The highest BCUT2D eigenvalue weighted by molar-refractivity contribution is 6.46. The molecule has 172 valence electrons. The molecule has 1 amide bonds. The van der Waals surface area contributed by atoms with Gasteiger partial charge >= 0.3 is 0 Å². The lowest BCUT2D eigenvalue weighted by Crippen LogP contribution is -2.35. The van der Waals surface area contributed by atoms with Gasteiger partial charge in [-0.3, -0.25) is 14.3 Å². The van der Waals surface area contributed by atoms with Crippen molar-refractivity contribution >= 4 is 17.4 Å². The van der Waals surface area contributed by atoms with Crippen LogP contribution in [0.5, 0.6) is 5.75 Å². The Labute approximate surface area is 189 Å². The Morgan fingerprint density at radius 2 is 1.94 bits per heavy atom. The number of aliphatic hydroxyl groups excluding tert-OH is 1. The molecule has 2 aromatic rings. The molecule has 0 radical (unpaired) electrons. The molecule has 1 atom stereocenters. The average Bonchev–Trinajstić information content (AvgIpc) is 3.11. The number of aromatic nitrogens is 2. The second-order valence-corrected chi connectivity index (χ2v) is 8.70. The Bertz CT molecular complexity index is 1070. The molecule has 1 aromatic heterocycles. The zero-order valence-electron chi connectivity index (χ0n) is 19.8. The number of carbonyl (C=O) groups is 2. The van der Waals surface area contributed by atoms with Crippen LogP contribution in [0.2, 0.25) is 0 Å². The second-order valence-electron chi connectivity index (χ2n) is 8.70. The highest BCUT2D eigenvalue weighted by Gasteiger charge is 2.46. The zero-order chi connectivity index (χ0) is 23.7. The maximum absolute atomic E-state index is 13.2. The summed E-state index contributed by atoms with van der Waals surface area (Å²) in [5.41, 5.74) is 2.59. The minimum Gasteiger partial charge on any atom is -0.507 e. The van der Waals surface area contributed by atoms with Crippen molar-refractivity contribution in [2.45, 2.75) is 39.8 Å². The van der Waals surface area contributed by atoms with E-state index in [1.54, 1.807) is 18.7 Å². The summed E-state index contributed by atoms with van der Waals surface area (Å²) in [5.74, 6) is -0.861. The summed E-state index contributed by atoms with van der Waals surface area (Å²) < 4.78 is 7.49. The smallest absolute Gasteiger partial charge is 0.295 e. The van der Waals surface area contributed by atoms with Crippen molar-refractivity contribution in [2.75, 3.05) is 27.2 Å². The van der Waals surface area contributed by atoms with Gasteiger partial charge in [0.1, 0.15) is 11.5 Å². The van der Waals surface area contributed by atoms with Gasteiger partial charge in [-0.1, -0.05) is 12.1 Å². The van der Waals surface area contributed by atoms with Gasteiger partial charge in [0.05, 0.1) is 29.0 Å². The standard InChI is InChI=1S/C24H32N4O4/c1-14(2)32-18-10-8-9-17(13-18)21-20(22(29)19-15(3)25-27(7)16(19)4)23(30)24(31)28(21)12-11-26(5)6/h8-10,13-14,21,29H,11-12H2,1-7H3/t21-/m1/s1. The first kappa shape index (κ1) is 23.5. The van der Waals surface area contributed by atoms with Gasteiger partial charge in [0.25, 0.3) is 11.7 Å². The molecule has 1 saturated heterocycles. The third-order valence-electron chi connectivity index (χ3n) is 5.62. The first-order valence-electron chi connectivity index (χ1n) is 10.7. The number of aliphatic hydroxyl groups is 1. The zero-order valence-corrected chi connectivity index (χ0v) is 19.8. The SMILES string of the molecule is Cc1nn(C)c(C)c1C(O)=C1C(=O)C(=O)N(CCN(C)C)[C@@H]1c1cccc(OC(C)C)c1. The Kier molecular flexibility index (Phi) is 6.74. The maximum atomic E-state index is 13.2. The highest BCUT2D eigenvalue weighted by Crippen LogP contribution is 2.41. The molecule has 0 bridgehead atoms. The van der Waals surface area contributed by atoms with Crippen LogP contribution in [0.1, 0.15) is 42.4 Å². The highest BCUT2D eigenvalue weighted by atomic mass is 16.5. The Balaban J connectivity index is 2.20. The number of benzene rings is 1. The first-order valence-corrected chi connectivity index (χ1v) is 10.7. The molecule has 0 spiro atoms. The third-order valence-corrected chi connectivity index (χ3v) is 5.62. The topological polar surface area (TPSA) is 87.9 Å². The van der Waals surface area contributed by atoms with Gasteiger partial charge in [0.15, 0.2) is 0 Å². The fourth-order valence-corrected chi connectivity index (χ4v) is 4.05. The largest absolute Gasteiger partial charge is 0.507 e. The van der Waals surface area contributed by atoms with Gasteiger partial charge in [0, 0.05) is 25.8 Å². The van der Waals surface area contributed by atoms with Crippen molar-refractivity contribution < 1.29 is 19.4 Å². The molecule has 8 nitrogen and oxygen atoms in total. The molecule has 2 heterocycles. The van der Waals surface area contributed by atoms with Crippen molar-refractivity contribution in [1.82, 2.24) is 19.6 Å². The van der Waals surface area contributed by atoms with Crippen molar-refractivity contribution in [2.24, 2.45) is 7.05 Å². The van der Waals surface area contributed by atoms with E-state index in [9.17, 15) is 14.7 Å². The van der Waals surface area contributed by atoms with Crippen LogP contribution in [-0.2, 0) is 16.6 Å². The fraction of sp³-hybridized carbons (Fsp3) is 0.458. The molecular formula is C24H32N4O4. The second kappa shape index (κ2) is 9.16. The molecule has 32 heavy (non-hydrogen) atoms. The average molecular weight is 441 g/mol. The molecule has 3 rings (SSSR count). The number of ketones is 1. The number of hydrogen-bond acceptors (Lipinski definition) is 6. The molecule has 0 unspecified atom stereocenters. The summed E-state index contributed by atoms with van der Waals surface area (Å²) in [4.78, 5) is 29.7. The molecule has 1 aliphatic heterocycles. The number of likely N-dealkylation sites (tertiary alicyclic amines) is 1. The lowest BCUT2D eigenvalue weighted by atomic mass is 9.94. The van der Waals surface area contributed by atoms with Crippen molar-refractivity contribution in [3.63, 3.8) is 0 Å². The number of amides is 1. The summed E-state index contributed by atoms with van der Waals surface area (Å²) in [5, 5.41) is 15.7. The van der Waals surface area contributed by atoms with E-state index in [2.05, 4.69) is 5.10 Å². The van der Waals surface area contributed by atoms with Gasteiger partial charge < -0.3 is 19.6 Å². The van der Waals surface area contributed by atoms with Crippen LogP contribution in [0.3, 0.4) is 0 Å². The number of ether oxygens (including phenoxy) is 1. The summed E-state index contributed by atoms with van der Waals surface area (Å²) in [6, 6.07) is 6.63. The lowest BCUT2D eigenvalue weighted by molar-refractivity contribution is -0.140. The number of nitrogens with zero attached hydrogens (tertiary/aromatic N) is 4. The van der Waals surface area contributed by atoms with Gasteiger partial charge in [-0.25, -0.2) is 0 Å². The van der Waals surface area contributed by atoms with E-state index < -0.39 is 17.7 Å². The van der Waals surface area contributed by atoms with Crippen LogP contribution in [0.25, 0.3) is 5.76 Å². The van der Waals surface area contributed by atoms with E-state index in [-0.39, 0.29) is 17.4 Å². The Morgan fingerprint density at radius 3 is 2.50 bits per heavy atom. The number of aryl methyl sites for hydroxylation is 2. The van der Waals surface area contributed by atoms with E-state index in [0.29, 0.717) is 35.7 Å². The van der Waals surface area contributed by atoms with Crippen molar-refractivity contribution in [3.8, 4) is 5.75 Å². The minimum absolute atomic E-state index is 0.0222. The summed E-state index contributed by atoms with van der Waals surface area (Å²) >= 11 is 0. The quantitative estimate of drug-likeness (QED) is 0.405. The predicted molar refractivity (Wildman–Crippen MR) is 122 cm³/mol. The van der Waals surface area contributed by atoms with Crippen LogP contribution >= 0.6 is 0 Å². The van der Waals surface area contributed by atoms with Gasteiger partial charge in [-0.2, -0.15) is 5.10 Å². The Hall–Kier alpha value is -3.13. The first-order chi connectivity index (χ1) is 15.0. The van der Waals surface area contributed by atoms with E-state index >= 15 is 0 Å². The van der Waals surface area contributed by atoms with E-state index in [0.717, 1.165) is 5.69 Å². The lowest BCUT2D eigenvalue weighted by Gasteiger charge is -2.27. The molecular weight excluding hydrogens is 408 g/mol.